The lowest BCUT2D eigenvalue weighted by Gasteiger charge is -2.29. The number of carbonyl (C=O) groups excluding carboxylic acids is 2. The van der Waals surface area contributed by atoms with Gasteiger partial charge < -0.3 is 10.2 Å². The van der Waals surface area contributed by atoms with Crippen LogP contribution in [0.2, 0.25) is 15.1 Å². The zero-order valence-corrected chi connectivity index (χ0v) is 20.9. The molecule has 0 radical (unpaired) electrons. The van der Waals surface area contributed by atoms with Gasteiger partial charge in [0.25, 0.3) is 0 Å². The van der Waals surface area contributed by atoms with E-state index in [4.69, 9.17) is 34.8 Å². The van der Waals surface area contributed by atoms with Crippen LogP contribution in [0.4, 0.5) is 0 Å². The van der Waals surface area contributed by atoms with Crippen LogP contribution >= 0.6 is 46.6 Å². The minimum atomic E-state index is -0.606. The number of hydrogen-bond acceptors (Lipinski definition) is 3. The number of thioether (sulfide) groups is 1. The van der Waals surface area contributed by atoms with Crippen LogP contribution in [0.25, 0.3) is 0 Å². The summed E-state index contributed by atoms with van der Waals surface area (Å²) in [5, 5.41) is 4.55. The average molecular weight is 502 g/mol. The van der Waals surface area contributed by atoms with Gasteiger partial charge in [-0.05, 0) is 55.7 Å². The molecule has 2 atom stereocenters. The van der Waals surface area contributed by atoms with Gasteiger partial charge in [0.05, 0.1) is 15.8 Å². The molecular formula is C23H27Cl3N2O2S. The third-order valence-electron chi connectivity index (χ3n) is 4.89. The van der Waals surface area contributed by atoms with Crippen molar-refractivity contribution in [3.05, 3.63) is 68.7 Å². The number of benzene rings is 2. The predicted molar refractivity (Wildman–Crippen MR) is 132 cm³/mol. The zero-order valence-electron chi connectivity index (χ0n) is 17.8. The SMILES string of the molecule is CC[C@@H](C)NC(=O)[C@H](C)N(Cc1cccc(Cl)c1)C(=O)CSCc1ccc(Cl)c(Cl)c1. The van der Waals surface area contributed by atoms with Crippen LogP contribution in [0.5, 0.6) is 0 Å². The van der Waals surface area contributed by atoms with Crippen molar-refractivity contribution in [1.82, 2.24) is 10.2 Å². The fraction of sp³-hybridized carbons (Fsp3) is 0.391. The molecule has 0 aromatic heterocycles. The second kappa shape index (κ2) is 12.6. The first kappa shape index (κ1) is 25.9. The first-order chi connectivity index (χ1) is 14.7. The molecule has 0 saturated carbocycles. The molecule has 2 aromatic rings. The van der Waals surface area contributed by atoms with Crippen LogP contribution in [-0.2, 0) is 21.9 Å². The number of nitrogens with one attached hydrogen (secondary N) is 1. The topological polar surface area (TPSA) is 49.4 Å². The van der Waals surface area contributed by atoms with Gasteiger partial charge in [0.2, 0.25) is 11.8 Å². The zero-order chi connectivity index (χ0) is 23.0. The van der Waals surface area contributed by atoms with E-state index in [1.165, 1.54) is 11.8 Å². The van der Waals surface area contributed by atoms with Crippen molar-refractivity contribution in [3.8, 4) is 0 Å². The fourth-order valence-electron chi connectivity index (χ4n) is 2.85. The molecule has 1 N–H and O–H groups in total. The van der Waals surface area contributed by atoms with Gasteiger partial charge in [-0.25, -0.2) is 0 Å². The number of amides is 2. The van der Waals surface area contributed by atoms with E-state index in [1.807, 2.05) is 38.1 Å². The third-order valence-corrected chi connectivity index (χ3v) is 6.85. The Labute approximate surface area is 203 Å². The smallest absolute Gasteiger partial charge is 0.242 e. The van der Waals surface area contributed by atoms with Gasteiger partial charge in [0, 0.05) is 23.4 Å². The molecule has 0 bridgehead atoms. The van der Waals surface area contributed by atoms with Crippen LogP contribution in [-0.4, -0.2) is 34.6 Å². The number of halogens is 3. The molecule has 0 heterocycles. The van der Waals surface area contributed by atoms with Gasteiger partial charge >= 0.3 is 0 Å². The molecule has 0 unspecified atom stereocenters. The summed E-state index contributed by atoms with van der Waals surface area (Å²) >= 11 is 19.6. The Morgan fingerprint density at radius 1 is 1.03 bits per heavy atom. The molecule has 0 saturated heterocycles. The van der Waals surface area contributed by atoms with E-state index in [0.29, 0.717) is 27.4 Å². The summed E-state index contributed by atoms with van der Waals surface area (Å²) in [6.45, 7) is 6.01. The van der Waals surface area contributed by atoms with Crippen LogP contribution in [0.3, 0.4) is 0 Å². The lowest BCUT2D eigenvalue weighted by Crippen LogP contribution is -2.50. The highest BCUT2D eigenvalue weighted by Crippen LogP contribution is 2.25. The van der Waals surface area contributed by atoms with Gasteiger partial charge in [-0.3, -0.25) is 9.59 Å². The van der Waals surface area contributed by atoms with Crippen LogP contribution < -0.4 is 5.32 Å². The Hall–Kier alpha value is -1.40. The van der Waals surface area contributed by atoms with E-state index < -0.39 is 6.04 Å². The molecule has 2 aromatic carbocycles. The van der Waals surface area contributed by atoms with Crippen molar-refractivity contribution in [2.45, 2.75) is 51.6 Å². The summed E-state index contributed by atoms with van der Waals surface area (Å²) in [6.07, 6.45) is 0.820. The molecule has 0 spiro atoms. The summed E-state index contributed by atoms with van der Waals surface area (Å²) in [7, 11) is 0. The van der Waals surface area contributed by atoms with Crippen molar-refractivity contribution in [2.24, 2.45) is 0 Å². The first-order valence-electron chi connectivity index (χ1n) is 10.1. The van der Waals surface area contributed by atoms with E-state index in [-0.39, 0.29) is 23.6 Å². The highest BCUT2D eigenvalue weighted by atomic mass is 35.5. The highest BCUT2D eigenvalue weighted by Gasteiger charge is 2.26. The summed E-state index contributed by atoms with van der Waals surface area (Å²) < 4.78 is 0. The number of hydrogen-bond donors (Lipinski definition) is 1. The number of nitrogens with zero attached hydrogens (tertiary/aromatic N) is 1. The lowest BCUT2D eigenvalue weighted by molar-refractivity contribution is -0.138. The van der Waals surface area contributed by atoms with Crippen LogP contribution in [0.15, 0.2) is 42.5 Å². The molecule has 2 rings (SSSR count). The quantitative estimate of drug-likeness (QED) is 0.421. The second-order valence-electron chi connectivity index (χ2n) is 7.39. The van der Waals surface area contributed by atoms with Gasteiger partial charge in [0.15, 0.2) is 0 Å². The maximum absolute atomic E-state index is 13.1. The first-order valence-corrected chi connectivity index (χ1v) is 12.4. The Balaban J connectivity index is 2.08. The normalized spacial score (nSPS) is 12.8. The molecule has 4 nitrogen and oxygen atoms in total. The predicted octanol–water partition coefficient (Wildman–Crippen LogP) is 6.21. The Kier molecular flexibility index (Phi) is 10.5. The highest BCUT2D eigenvalue weighted by molar-refractivity contribution is 7.99. The minimum Gasteiger partial charge on any atom is -0.352 e. The monoisotopic (exact) mass is 500 g/mol. The fourth-order valence-corrected chi connectivity index (χ4v) is 4.24. The van der Waals surface area contributed by atoms with Crippen molar-refractivity contribution in [3.63, 3.8) is 0 Å². The Morgan fingerprint density at radius 2 is 1.77 bits per heavy atom. The summed E-state index contributed by atoms with van der Waals surface area (Å²) in [6, 6.07) is 12.2. The second-order valence-corrected chi connectivity index (χ2v) is 9.62. The number of rotatable bonds is 10. The summed E-state index contributed by atoms with van der Waals surface area (Å²) in [4.78, 5) is 27.4. The summed E-state index contributed by atoms with van der Waals surface area (Å²) in [5.41, 5.74) is 1.86. The third kappa shape index (κ3) is 8.23. The molecule has 31 heavy (non-hydrogen) atoms. The Bertz CT molecular complexity index is 910. The average Bonchev–Trinajstić information content (AvgIpc) is 2.73. The van der Waals surface area contributed by atoms with Crippen molar-refractivity contribution < 1.29 is 9.59 Å². The minimum absolute atomic E-state index is 0.0436. The van der Waals surface area contributed by atoms with E-state index >= 15 is 0 Å². The maximum Gasteiger partial charge on any atom is 0.242 e. The van der Waals surface area contributed by atoms with Gasteiger partial charge in [-0.1, -0.05) is 59.9 Å². The van der Waals surface area contributed by atoms with Crippen LogP contribution in [0, 0.1) is 0 Å². The van der Waals surface area contributed by atoms with E-state index in [1.54, 1.807) is 30.0 Å². The molecule has 2 amide bonds. The Morgan fingerprint density at radius 3 is 2.42 bits per heavy atom. The van der Waals surface area contributed by atoms with Crippen molar-refractivity contribution in [1.29, 1.82) is 0 Å². The molecule has 168 valence electrons. The maximum atomic E-state index is 13.1. The molecular weight excluding hydrogens is 475 g/mol. The summed E-state index contributed by atoms with van der Waals surface area (Å²) in [5.74, 6) is 0.569. The van der Waals surface area contributed by atoms with Crippen molar-refractivity contribution >= 4 is 58.4 Å². The van der Waals surface area contributed by atoms with E-state index in [9.17, 15) is 9.59 Å². The molecule has 0 aliphatic carbocycles. The van der Waals surface area contributed by atoms with Gasteiger partial charge in [-0.15, -0.1) is 11.8 Å². The van der Waals surface area contributed by atoms with Crippen LogP contribution in [0.1, 0.15) is 38.3 Å². The standard InChI is InChI=1S/C23H27Cl3N2O2S/c1-4-15(2)27-23(30)16(3)28(12-17-6-5-7-19(24)10-17)22(29)14-31-13-18-8-9-20(25)21(26)11-18/h5-11,15-16H,4,12-14H2,1-3H3,(H,27,30)/t15-,16+/m1/s1. The molecule has 0 aliphatic rings. The van der Waals surface area contributed by atoms with E-state index in [2.05, 4.69) is 5.32 Å². The molecule has 8 heteroatoms. The van der Waals surface area contributed by atoms with Gasteiger partial charge in [-0.2, -0.15) is 0 Å². The molecule has 0 fully saturated rings. The number of carbonyl (C=O) groups is 2. The van der Waals surface area contributed by atoms with Gasteiger partial charge in [0.1, 0.15) is 6.04 Å². The largest absolute Gasteiger partial charge is 0.352 e. The lowest BCUT2D eigenvalue weighted by atomic mass is 10.1. The molecule has 0 aliphatic heterocycles. The van der Waals surface area contributed by atoms with Crippen molar-refractivity contribution in [2.75, 3.05) is 5.75 Å². The van der Waals surface area contributed by atoms with E-state index in [0.717, 1.165) is 17.5 Å².